The molecule has 0 radical (unpaired) electrons. The summed E-state index contributed by atoms with van der Waals surface area (Å²) in [6.07, 6.45) is 0. The second kappa shape index (κ2) is 8.44. The van der Waals surface area contributed by atoms with Gasteiger partial charge >= 0.3 is 0 Å². The standard InChI is InChI=1S/C17H16Cl3NO2/c1-11(12-5-3-2-4-6-12)9-21-17(22)10-23-16-8-14(19)13(18)7-15(16)20/h2-8,11H,9-10H2,1H3,(H,21,22)/t11-/m0/s1. The van der Waals surface area contributed by atoms with E-state index < -0.39 is 0 Å². The van der Waals surface area contributed by atoms with Crippen molar-refractivity contribution in [2.45, 2.75) is 12.8 Å². The molecular formula is C17H16Cl3NO2. The molecular weight excluding hydrogens is 357 g/mol. The number of rotatable bonds is 6. The third-order valence-corrected chi connectivity index (χ3v) is 4.33. The largest absolute Gasteiger partial charge is 0.482 e. The molecule has 1 N–H and O–H groups in total. The molecule has 0 aliphatic rings. The Balaban J connectivity index is 1.83. The van der Waals surface area contributed by atoms with Crippen LogP contribution >= 0.6 is 34.8 Å². The lowest BCUT2D eigenvalue weighted by Crippen LogP contribution is -2.31. The summed E-state index contributed by atoms with van der Waals surface area (Å²) in [5.41, 5.74) is 1.17. The van der Waals surface area contributed by atoms with Gasteiger partial charge in [0.05, 0.1) is 15.1 Å². The first-order chi connectivity index (χ1) is 11.0. The van der Waals surface area contributed by atoms with Crippen LogP contribution in [0.5, 0.6) is 5.75 Å². The highest BCUT2D eigenvalue weighted by Gasteiger charge is 2.11. The van der Waals surface area contributed by atoms with Gasteiger partial charge in [0.15, 0.2) is 6.61 Å². The number of hydrogen-bond acceptors (Lipinski definition) is 2. The van der Waals surface area contributed by atoms with E-state index in [1.165, 1.54) is 17.7 Å². The Morgan fingerprint density at radius 3 is 2.43 bits per heavy atom. The molecule has 2 rings (SSSR count). The van der Waals surface area contributed by atoms with Crippen molar-refractivity contribution < 1.29 is 9.53 Å². The van der Waals surface area contributed by atoms with Crippen LogP contribution in [-0.2, 0) is 4.79 Å². The first-order valence-electron chi connectivity index (χ1n) is 7.06. The minimum Gasteiger partial charge on any atom is -0.482 e. The first kappa shape index (κ1) is 17.9. The number of carbonyl (C=O) groups is 1. The molecule has 23 heavy (non-hydrogen) atoms. The van der Waals surface area contributed by atoms with Crippen molar-refractivity contribution >= 4 is 40.7 Å². The highest BCUT2D eigenvalue weighted by atomic mass is 35.5. The molecule has 0 aliphatic heterocycles. The van der Waals surface area contributed by atoms with E-state index >= 15 is 0 Å². The Kier molecular flexibility index (Phi) is 6.58. The third kappa shape index (κ3) is 5.31. The molecule has 2 aromatic rings. The van der Waals surface area contributed by atoms with Crippen LogP contribution in [0.2, 0.25) is 15.1 Å². The van der Waals surface area contributed by atoms with Crippen LogP contribution in [0.4, 0.5) is 0 Å². The number of halogens is 3. The Hall–Kier alpha value is -1.42. The maximum atomic E-state index is 11.9. The Morgan fingerprint density at radius 2 is 1.74 bits per heavy atom. The first-order valence-corrected chi connectivity index (χ1v) is 8.19. The lowest BCUT2D eigenvalue weighted by Gasteiger charge is -2.14. The van der Waals surface area contributed by atoms with E-state index in [4.69, 9.17) is 39.5 Å². The van der Waals surface area contributed by atoms with E-state index in [0.717, 1.165) is 0 Å². The molecule has 0 bridgehead atoms. The van der Waals surface area contributed by atoms with Gasteiger partial charge in [-0.15, -0.1) is 0 Å². The number of nitrogens with one attached hydrogen (secondary N) is 1. The Bertz CT molecular complexity index is 677. The van der Waals surface area contributed by atoms with Crippen LogP contribution in [0, 0.1) is 0 Å². The van der Waals surface area contributed by atoms with Crippen LogP contribution in [0.15, 0.2) is 42.5 Å². The molecule has 0 unspecified atom stereocenters. The summed E-state index contributed by atoms with van der Waals surface area (Å²) < 4.78 is 5.39. The van der Waals surface area contributed by atoms with Crippen molar-refractivity contribution in [2.24, 2.45) is 0 Å². The molecule has 0 saturated carbocycles. The fourth-order valence-electron chi connectivity index (χ4n) is 1.98. The van der Waals surface area contributed by atoms with Crippen molar-refractivity contribution in [3.05, 3.63) is 63.1 Å². The van der Waals surface area contributed by atoms with Gasteiger partial charge < -0.3 is 10.1 Å². The number of benzene rings is 2. The Morgan fingerprint density at radius 1 is 1.09 bits per heavy atom. The summed E-state index contributed by atoms with van der Waals surface area (Å²) in [6, 6.07) is 12.9. The molecule has 2 aromatic carbocycles. The van der Waals surface area contributed by atoms with E-state index in [1.807, 2.05) is 37.3 Å². The summed E-state index contributed by atoms with van der Waals surface area (Å²) in [5, 5.41) is 3.80. The molecule has 0 aliphatic carbocycles. The highest BCUT2D eigenvalue weighted by Crippen LogP contribution is 2.33. The van der Waals surface area contributed by atoms with Crippen molar-refractivity contribution in [2.75, 3.05) is 13.2 Å². The zero-order chi connectivity index (χ0) is 16.8. The maximum Gasteiger partial charge on any atom is 0.257 e. The minimum absolute atomic E-state index is 0.140. The van der Waals surface area contributed by atoms with Crippen LogP contribution in [-0.4, -0.2) is 19.1 Å². The predicted molar refractivity (Wildman–Crippen MR) is 94.8 cm³/mol. The van der Waals surface area contributed by atoms with Gasteiger partial charge in [-0.2, -0.15) is 0 Å². The van der Waals surface area contributed by atoms with Gasteiger partial charge in [-0.25, -0.2) is 0 Å². The molecule has 0 heterocycles. The van der Waals surface area contributed by atoms with E-state index in [1.54, 1.807) is 0 Å². The molecule has 0 saturated heterocycles. The average Bonchev–Trinajstić information content (AvgIpc) is 2.55. The molecule has 1 atom stereocenters. The average molecular weight is 373 g/mol. The SMILES string of the molecule is C[C@@H](CNC(=O)COc1cc(Cl)c(Cl)cc1Cl)c1ccccc1. The molecule has 0 spiro atoms. The van der Waals surface area contributed by atoms with E-state index in [0.29, 0.717) is 27.4 Å². The second-order valence-corrected chi connectivity index (χ2v) is 6.32. The minimum atomic E-state index is -0.227. The summed E-state index contributed by atoms with van der Waals surface area (Å²) >= 11 is 17.7. The van der Waals surface area contributed by atoms with Crippen LogP contribution in [0.25, 0.3) is 0 Å². The highest BCUT2D eigenvalue weighted by molar-refractivity contribution is 6.43. The molecule has 6 heteroatoms. The van der Waals surface area contributed by atoms with Crippen LogP contribution in [0.3, 0.4) is 0 Å². The molecule has 3 nitrogen and oxygen atoms in total. The quantitative estimate of drug-likeness (QED) is 0.729. The molecule has 0 fully saturated rings. The van der Waals surface area contributed by atoms with Crippen molar-refractivity contribution in [3.63, 3.8) is 0 Å². The van der Waals surface area contributed by atoms with Gasteiger partial charge in [-0.1, -0.05) is 72.1 Å². The zero-order valence-electron chi connectivity index (χ0n) is 12.5. The van der Waals surface area contributed by atoms with Crippen molar-refractivity contribution in [1.29, 1.82) is 0 Å². The van der Waals surface area contributed by atoms with Gasteiger partial charge in [0, 0.05) is 12.6 Å². The van der Waals surface area contributed by atoms with Crippen molar-refractivity contribution in [3.8, 4) is 5.75 Å². The van der Waals surface area contributed by atoms with Crippen LogP contribution in [0.1, 0.15) is 18.4 Å². The second-order valence-electron chi connectivity index (χ2n) is 5.10. The van der Waals surface area contributed by atoms with Gasteiger partial charge in [0.25, 0.3) is 5.91 Å². The summed E-state index contributed by atoms with van der Waals surface area (Å²) in [6.45, 7) is 2.44. The zero-order valence-corrected chi connectivity index (χ0v) is 14.8. The monoisotopic (exact) mass is 371 g/mol. The molecule has 122 valence electrons. The van der Waals surface area contributed by atoms with Gasteiger partial charge in [0.2, 0.25) is 0 Å². The molecule has 1 amide bonds. The number of hydrogen-bond donors (Lipinski definition) is 1. The van der Waals surface area contributed by atoms with E-state index in [-0.39, 0.29) is 18.4 Å². The maximum absolute atomic E-state index is 11.9. The number of ether oxygens (including phenoxy) is 1. The summed E-state index contributed by atoms with van der Waals surface area (Å²) in [4.78, 5) is 11.9. The lowest BCUT2D eigenvalue weighted by atomic mass is 10.0. The van der Waals surface area contributed by atoms with Crippen molar-refractivity contribution in [1.82, 2.24) is 5.32 Å². The number of carbonyl (C=O) groups excluding carboxylic acids is 1. The van der Waals surface area contributed by atoms with Gasteiger partial charge in [0.1, 0.15) is 5.75 Å². The van der Waals surface area contributed by atoms with Gasteiger partial charge in [-0.3, -0.25) is 4.79 Å². The lowest BCUT2D eigenvalue weighted by molar-refractivity contribution is -0.123. The normalized spacial score (nSPS) is 11.8. The fourth-order valence-corrected chi connectivity index (χ4v) is 2.57. The smallest absolute Gasteiger partial charge is 0.257 e. The fraction of sp³-hybridized carbons (Fsp3) is 0.235. The van der Waals surface area contributed by atoms with E-state index in [9.17, 15) is 4.79 Å². The molecule has 0 aromatic heterocycles. The van der Waals surface area contributed by atoms with E-state index in [2.05, 4.69) is 5.32 Å². The third-order valence-electron chi connectivity index (χ3n) is 3.31. The predicted octanol–water partition coefficient (Wildman–Crippen LogP) is 4.95. The summed E-state index contributed by atoms with van der Waals surface area (Å²) in [7, 11) is 0. The summed E-state index contributed by atoms with van der Waals surface area (Å²) in [5.74, 6) is 0.316. The Labute approximate surface area is 150 Å². The van der Waals surface area contributed by atoms with Crippen LogP contribution < -0.4 is 10.1 Å². The topological polar surface area (TPSA) is 38.3 Å². The van der Waals surface area contributed by atoms with Gasteiger partial charge in [-0.05, 0) is 17.5 Å². The number of amides is 1.